The molecule has 8 atom stereocenters. The molecule has 0 N–H and O–H groups in total. The molecule has 3 aliphatic rings. The van der Waals surface area contributed by atoms with Gasteiger partial charge in [0.25, 0.3) is 0 Å². The summed E-state index contributed by atoms with van der Waals surface area (Å²) in [5.41, 5.74) is 0. The second-order valence-corrected chi connectivity index (χ2v) is 14.5. The van der Waals surface area contributed by atoms with E-state index in [9.17, 15) is 9.59 Å². The van der Waals surface area contributed by atoms with E-state index in [2.05, 4.69) is 26.8 Å². The van der Waals surface area contributed by atoms with Crippen LogP contribution in [0.5, 0.6) is 0 Å². The first-order chi connectivity index (χ1) is 19.8. The van der Waals surface area contributed by atoms with E-state index in [1.807, 2.05) is 36.4 Å². The predicted molar refractivity (Wildman–Crippen MR) is 159 cm³/mol. The molecule has 0 unspecified atom stereocenters. The van der Waals surface area contributed by atoms with E-state index >= 15 is 0 Å². The van der Waals surface area contributed by atoms with Crippen molar-refractivity contribution in [2.24, 2.45) is 11.8 Å². The average molecular weight is 636 g/mol. The van der Waals surface area contributed by atoms with Crippen molar-refractivity contribution >= 4 is 31.4 Å². The standard InChI is InChI=1S/C33H48O7Se/c1-22(2)9-8-10-24-15-25-14-13-23(3)31(38-25)19-26(36-4)16-27-17-28(18-29(37-27)20-32(34)39-24)40-33(35)21-41-30-11-6-5-7-12-30/h5-8,10-12,22-29,31H,9,13-21H2,1-4H3/b10-8+/t23-,24-,25-,26-,27+,28+,29+,31+/m0/s1. The predicted octanol–water partition coefficient (Wildman–Crippen LogP) is 5.18. The normalized spacial score (nSPS) is 33.2. The first-order valence-corrected chi connectivity index (χ1v) is 17.4. The summed E-state index contributed by atoms with van der Waals surface area (Å²) in [6.45, 7) is 6.60. The number of carbonyl (C=O) groups is 2. The van der Waals surface area contributed by atoms with Gasteiger partial charge < -0.3 is 0 Å². The van der Waals surface area contributed by atoms with Gasteiger partial charge in [0, 0.05) is 0 Å². The molecule has 0 radical (unpaired) electrons. The molecule has 8 heteroatoms. The maximum atomic E-state index is 13.2. The van der Waals surface area contributed by atoms with Gasteiger partial charge in [-0.3, -0.25) is 0 Å². The minimum atomic E-state index is -0.367. The summed E-state index contributed by atoms with van der Waals surface area (Å²) in [6.07, 6.45) is 9.36. The van der Waals surface area contributed by atoms with Crippen LogP contribution in [0.2, 0.25) is 5.32 Å². The number of esters is 2. The Labute approximate surface area is 252 Å². The van der Waals surface area contributed by atoms with Gasteiger partial charge in [-0.05, 0) is 18.8 Å². The van der Waals surface area contributed by atoms with Crippen molar-refractivity contribution < 1.29 is 33.3 Å². The zero-order valence-corrected chi connectivity index (χ0v) is 26.8. The molecule has 41 heavy (non-hydrogen) atoms. The molecule has 3 aliphatic heterocycles. The third kappa shape index (κ3) is 10.8. The van der Waals surface area contributed by atoms with Gasteiger partial charge in [-0.25, -0.2) is 0 Å². The molecule has 7 nitrogen and oxygen atoms in total. The SMILES string of the molecule is CO[C@H]1C[C@@H]2C[C@@H](OC(=O)C[Se]c3ccccc3)C[C@H](CC(=O)O[C@@H](/C=C/CC(C)C)C[C@@H]3CC[C@H](C)[C@@H](C1)O3)O2. The first kappa shape index (κ1) is 32.2. The number of benzene rings is 1. The van der Waals surface area contributed by atoms with E-state index in [4.69, 9.17) is 23.7 Å². The van der Waals surface area contributed by atoms with Gasteiger partial charge in [0.15, 0.2) is 0 Å². The Morgan fingerprint density at radius 3 is 2.51 bits per heavy atom. The van der Waals surface area contributed by atoms with Crippen LogP contribution in [-0.4, -0.2) is 76.7 Å². The molecular weight excluding hydrogens is 587 g/mol. The van der Waals surface area contributed by atoms with Crippen molar-refractivity contribution in [2.75, 3.05) is 7.11 Å². The summed E-state index contributed by atoms with van der Waals surface area (Å²) in [5, 5.41) is 0.384. The quantitative estimate of drug-likeness (QED) is 0.221. The van der Waals surface area contributed by atoms with Crippen molar-refractivity contribution in [3.05, 3.63) is 42.5 Å². The van der Waals surface area contributed by atoms with Crippen LogP contribution < -0.4 is 4.46 Å². The zero-order valence-electron chi connectivity index (χ0n) is 25.1. The van der Waals surface area contributed by atoms with Crippen LogP contribution in [0.25, 0.3) is 0 Å². The Bertz CT molecular complexity index is 983. The van der Waals surface area contributed by atoms with E-state index in [0.717, 1.165) is 25.7 Å². The summed E-state index contributed by atoms with van der Waals surface area (Å²) >= 11 is 0.0215. The van der Waals surface area contributed by atoms with Crippen molar-refractivity contribution in [1.29, 1.82) is 0 Å². The second-order valence-electron chi connectivity index (χ2n) is 12.3. The monoisotopic (exact) mass is 636 g/mol. The fourth-order valence-corrected chi connectivity index (χ4v) is 7.51. The summed E-state index contributed by atoms with van der Waals surface area (Å²) < 4.78 is 32.1. The van der Waals surface area contributed by atoms with Gasteiger partial charge in [0.05, 0.1) is 0 Å². The topological polar surface area (TPSA) is 80.3 Å². The van der Waals surface area contributed by atoms with Gasteiger partial charge in [-0.15, -0.1) is 0 Å². The number of carbonyl (C=O) groups excluding carboxylic acids is 2. The third-order valence-electron chi connectivity index (χ3n) is 8.27. The average Bonchev–Trinajstić information content (AvgIpc) is 2.93. The Balaban J connectivity index is 1.46. The molecule has 0 aromatic heterocycles. The number of allylic oxidation sites excluding steroid dienone is 1. The Kier molecular flexibility index (Phi) is 12.8. The number of methoxy groups -OCH3 is 1. The van der Waals surface area contributed by atoms with Gasteiger partial charge in [-0.1, -0.05) is 13.8 Å². The number of cyclic esters (lactones) is 1. The van der Waals surface area contributed by atoms with Gasteiger partial charge in [0.1, 0.15) is 0 Å². The summed E-state index contributed by atoms with van der Waals surface area (Å²) in [7, 11) is 1.75. The molecular formula is C33H48O7Se. The maximum absolute atomic E-state index is 13.2. The van der Waals surface area contributed by atoms with Gasteiger partial charge in [0.2, 0.25) is 0 Å². The number of ether oxygens (including phenoxy) is 5. The van der Waals surface area contributed by atoms with Gasteiger partial charge >= 0.3 is 220 Å². The van der Waals surface area contributed by atoms with E-state index in [1.165, 1.54) is 4.46 Å². The molecule has 0 amide bonds. The van der Waals surface area contributed by atoms with Crippen LogP contribution in [0.3, 0.4) is 0 Å². The molecule has 0 saturated carbocycles. The Morgan fingerprint density at radius 1 is 1.00 bits per heavy atom. The molecule has 4 rings (SSSR count). The number of fused-ring (bicyclic) bond motifs is 4. The Morgan fingerprint density at radius 2 is 1.76 bits per heavy atom. The molecule has 0 aliphatic carbocycles. The fourth-order valence-electron chi connectivity index (χ4n) is 6.04. The summed E-state index contributed by atoms with van der Waals surface area (Å²) in [4.78, 5) is 26.0. The molecule has 0 spiro atoms. The summed E-state index contributed by atoms with van der Waals surface area (Å²) in [6, 6.07) is 10.0. The molecule has 1 aromatic carbocycles. The molecule has 3 saturated heterocycles. The van der Waals surface area contributed by atoms with Crippen LogP contribution in [0.15, 0.2) is 42.5 Å². The zero-order chi connectivity index (χ0) is 29.2. The van der Waals surface area contributed by atoms with Crippen molar-refractivity contribution in [2.45, 2.75) is 127 Å². The van der Waals surface area contributed by atoms with Crippen molar-refractivity contribution in [3.63, 3.8) is 0 Å². The molecule has 4 bridgehead atoms. The fraction of sp³-hybridized carbons (Fsp3) is 0.697. The molecule has 228 valence electrons. The Hall–Kier alpha value is -1.70. The van der Waals surface area contributed by atoms with Crippen LogP contribution in [0.4, 0.5) is 0 Å². The van der Waals surface area contributed by atoms with Crippen molar-refractivity contribution in [1.82, 2.24) is 0 Å². The van der Waals surface area contributed by atoms with Gasteiger partial charge in [-0.2, -0.15) is 0 Å². The van der Waals surface area contributed by atoms with Crippen LogP contribution in [0, 0.1) is 11.8 Å². The number of hydrogen-bond donors (Lipinski definition) is 0. The van der Waals surface area contributed by atoms with Crippen LogP contribution >= 0.6 is 0 Å². The van der Waals surface area contributed by atoms with E-state index < -0.39 is 0 Å². The van der Waals surface area contributed by atoms with Crippen LogP contribution in [0.1, 0.15) is 78.6 Å². The molecule has 3 heterocycles. The van der Waals surface area contributed by atoms with E-state index in [-0.39, 0.29) is 76.0 Å². The van der Waals surface area contributed by atoms with Crippen molar-refractivity contribution in [3.8, 4) is 0 Å². The first-order valence-electron chi connectivity index (χ1n) is 15.3. The second kappa shape index (κ2) is 16.2. The van der Waals surface area contributed by atoms with Crippen LogP contribution in [-0.2, 0) is 33.3 Å². The number of rotatable bonds is 8. The summed E-state index contributed by atoms with van der Waals surface area (Å²) in [5.74, 6) is 0.482. The molecule has 3 fully saturated rings. The van der Waals surface area contributed by atoms with E-state index in [1.54, 1.807) is 7.11 Å². The number of hydrogen-bond acceptors (Lipinski definition) is 7. The molecule has 1 aromatic rings. The minimum absolute atomic E-state index is 0.0215. The van der Waals surface area contributed by atoms with E-state index in [0.29, 0.717) is 42.8 Å². The third-order valence-corrected chi connectivity index (χ3v) is 10.3.